The average molecular weight is 447 g/mol. The predicted molar refractivity (Wildman–Crippen MR) is 110 cm³/mol. The van der Waals surface area contributed by atoms with Crippen LogP contribution in [-0.2, 0) is 11.3 Å². The normalized spacial score (nSPS) is 26.4. The number of nitrogens with one attached hydrogen (secondary N) is 1. The zero-order chi connectivity index (χ0) is 22.8. The van der Waals surface area contributed by atoms with Gasteiger partial charge in [-0.05, 0) is 17.7 Å². The van der Waals surface area contributed by atoms with Gasteiger partial charge in [0.15, 0.2) is 17.4 Å². The molecular formula is C20H25N5O7. The first-order chi connectivity index (χ1) is 15.5. The minimum atomic E-state index is -1.51. The van der Waals surface area contributed by atoms with Gasteiger partial charge in [-0.3, -0.25) is 9.56 Å². The quantitative estimate of drug-likeness (QED) is 0.313. The summed E-state index contributed by atoms with van der Waals surface area (Å²) < 4.78 is 17.6. The van der Waals surface area contributed by atoms with Crippen molar-refractivity contribution in [3.8, 4) is 11.5 Å². The van der Waals surface area contributed by atoms with Crippen molar-refractivity contribution in [2.24, 2.45) is 4.99 Å². The second kappa shape index (κ2) is 9.22. The van der Waals surface area contributed by atoms with Crippen LogP contribution in [0.5, 0.6) is 11.5 Å². The first kappa shape index (κ1) is 22.2. The van der Waals surface area contributed by atoms with Crippen molar-refractivity contribution in [1.82, 2.24) is 19.5 Å². The summed E-state index contributed by atoms with van der Waals surface area (Å²) in [6.45, 7) is -0.241. The van der Waals surface area contributed by atoms with Gasteiger partial charge in [0.1, 0.15) is 47.8 Å². The summed E-state index contributed by atoms with van der Waals surface area (Å²) in [5.74, 6) is 1.28. The summed E-state index contributed by atoms with van der Waals surface area (Å²) in [6, 6.07) is 5.45. The van der Waals surface area contributed by atoms with Crippen LogP contribution in [0.25, 0.3) is 11.2 Å². The van der Waals surface area contributed by atoms with E-state index in [1.54, 1.807) is 20.3 Å². The zero-order valence-corrected chi connectivity index (χ0v) is 17.5. The van der Waals surface area contributed by atoms with E-state index in [-0.39, 0.29) is 0 Å². The topological polar surface area (TPSA) is 167 Å². The molecule has 12 heteroatoms. The van der Waals surface area contributed by atoms with E-state index in [4.69, 9.17) is 14.2 Å². The minimum absolute atomic E-state index is 0.290. The molecule has 0 spiro atoms. The number of aromatic amines is 1. The fraction of sp³-hybridized carbons (Fsp3) is 0.450. The molecule has 3 aromatic rings. The lowest BCUT2D eigenvalue weighted by Crippen LogP contribution is -2.56. The Kier molecular flexibility index (Phi) is 6.39. The molecular weight excluding hydrogens is 422 g/mol. The molecule has 1 saturated heterocycles. The van der Waals surface area contributed by atoms with Crippen molar-refractivity contribution in [1.29, 1.82) is 0 Å². The Balaban J connectivity index is 1.69. The predicted octanol–water partition coefficient (Wildman–Crippen LogP) is -1.15. The molecule has 32 heavy (non-hydrogen) atoms. The molecule has 0 radical (unpaired) electrons. The molecule has 5 atom stereocenters. The van der Waals surface area contributed by atoms with Gasteiger partial charge in [0.25, 0.3) is 0 Å². The van der Waals surface area contributed by atoms with Crippen LogP contribution in [0, 0.1) is 0 Å². The molecule has 0 saturated carbocycles. The van der Waals surface area contributed by atoms with Crippen molar-refractivity contribution in [3.63, 3.8) is 0 Å². The van der Waals surface area contributed by atoms with Gasteiger partial charge in [-0.15, -0.1) is 0 Å². The SMILES string of the molecule is COc1cc(CN=c2ncn(C3O[C@H](CO)[C@@H](O)[C@H](O)[C@H]3O)c3nc[nH]c23)cc(OC)c1. The van der Waals surface area contributed by atoms with Gasteiger partial charge in [-0.25, -0.2) is 9.97 Å². The highest BCUT2D eigenvalue weighted by atomic mass is 16.6. The van der Waals surface area contributed by atoms with Gasteiger partial charge < -0.3 is 39.6 Å². The van der Waals surface area contributed by atoms with Gasteiger partial charge >= 0.3 is 0 Å². The molecule has 0 aliphatic carbocycles. The van der Waals surface area contributed by atoms with E-state index in [2.05, 4.69) is 19.9 Å². The van der Waals surface area contributed by atoms with E-state index >= 15 is 0 Å². The lowest BCUT2D eigenvalue weighted by molar-refractivity contribution is -0.250. The number of aromatic nitrogens is 4. The van der Waals surface area contributed by atoms with Gasteiger partial charge in [0.05, 0.1) is 33.7 Å². The summed E-state index contributed by atoms with van der Waals surface area (Å²) in [6.07, 6.45) is -3.79. The van der Waals surface area contributed by atoms with E-state index in [0.29, 0.717) is 34.7 Å². The fourth-order valence-electron chi connectivity index (χ4n) is 3.63. The number of rotatable bonds is 6. The lowest BCUT2D eigenvalue weighted by atomic mass is 9.98. The summed E-state index contributed by atoms with van der Waals surface area (Å²) in [5, 5.41) is 40.0. The second-order valence-electron chi connectivity index (χ2n) is 7.33. The summed E-state index contributed by atoms with van der Waals surface area (Å²) in [4.78, 5) is 16.1. The molecule has 1 aromatic carbocycles. The van der Waals surface area contributed by atoms with E-state index in [1.807, 2.05) is 12.1 Å². The van der Waals surface area contributed by atoms with Crippen LogP contribution in [0.15, 0.2) is 35.8 Å². The van der Waals surface area contributed by atoms with Crippen molar-refractivity contribution in [3.05, 3.63) is 41.9 Å². The maximum atomic E-state index is 10.4. The molecule has 1 aliphatic heterocycles. The number of fused-ring (bicyclic) bond motifs is 1. The molecule has 2 aromatic heterocycles. The molecule has 0 amide bonds. The lowest BCUT2D eigenvalue weighted by Gasteiger charge is -2.40. The third-order valence-electron chi connectivity index (χ3n) is 5.36. The van der Waals surface area contributed by atoms with Crippen LogP contribution in [0.2, 0.25) is 0 Å². The zero-order valence-electron chi connectivity index (χ0n) is 17.5. The molecule has 172 valence electrons. The van der Waals surface area contributed by atoms with Crippen LogP contribution in [0.4, 0.5) is 0 Å². The van der Waals surface area contributed by atoms with Gasteiger partial charge in [0.2, 0.25) is 0 Å². The molecule has 3 heterocycles. The molecule has 1 fully saturated rings. The number of aliphatic hydroxyl groups is 4. The van der Waals surface area contributed by atoms with Gasteiger partial charge in [0, 0.05) is 6.07 Å². The standard InChI is InChI=1S/C20H25N5O7/c1-30-11-3-10(4-12(5-11)31-2)6-21-18-14-19(23-8-22-14)25(9-24-18)20-17(29)16(28)15(27)13(7-26)32-20/h3-5,8-9,13,15-17,20,26-29H,6-7H2,1-2H3,(H,22,23)/t13-,15-,16+,17-,20?/m1/s1. The maximum absolute atomic E-state index is 10.4. The molecule has 1 aliphatic rings. The van der Waals surface area contributed by atoms with Crippen molar-refractivity contribution in [2.75, 3.05) is 20.8 Å². The molecule has 5 N–H and O–H groups in total. The highest BCUT2D eigenvalue weighted by Crippen LogP contribution is 2.29. The second-order valence-corrected chi connectivity index (χ2v) is 7.33. The Hall–Kier alpha value is -3.03. The molecule has 12 nitrogen and oxygen atoms in total. The van der Waals surface area contributed by atoms with E-state index in [9.17, 15) is 20.4 Å². The molecule has 1 unspecified atom stereocenters. The summed E-state index contributed by atoms with van der Waals surface area (Å²) >= 11 is 0. The Morgan fingerprint density at radius 1 is 1.06 bits per heavy atom. The van der Waals surface area contributed by atoms with Crippen molar-refractivity contribution < 1.29 is 34.6 Å². The number of hydrogen-bond acceptors (Lipinski definition) is 10. The maximum Gasteiger partial charge on any atom is 0.177 e. The number of benzene rings is 1. The highest BCUT2D eigenvalue weighted by molar-refractivity contribution is 5.68. The van der Waals surface area contributed by atoms with Crippen LogP contribution < -0.4 is 15.0 Å². The van der Waals surface area contributed by atoms with E-state index in [0.717, 1.165) is 5.56 Å². The largest absolute Gasteiger partial charge is 0.497 e. The fourth-order valence-corrected chi connectivity index (χ4v) is 3.63. The first-order valence-electron chi connectivity index (χ1n) is 9.90. The van der Waals surface area contributed by atoms with Crippen LogP contribution >= 0.6 is 0 Å². The number of hydrogen-bond donors (Lipinski definition) is 5. The summed E-state index contributed by atoms with van der Waals surface area (Å²) in [5.41, 5.74) is 2.08. The van der Waals surface area contributed by atoms with E-state index in [1.165, 1.54) is 17.2 Å². The van der Waals surface area contributed by atoms with Gasteiger partial charge in [-0.2, -0.15) is 0 Å². The third kappa shape index (κ3) is 4.06. The average Bonchev–Trinajstić information content (AvgIpc) is 3.31. The summed E-state index contributed by atoms with van der Waals surface area (Å²) in [7, 11) is 3.14. The van der Waals surface area contributed by atoms with E-state index < -0.39 is 37.3 Å². The Bertz CT molecular complexity index is 1120. The number of imidazole rings is 1. The smallest absolute Gasteiger partial charge is 0.177 e. The Morgan fingerprint density at radius 2 is 1.78 bits per heavy atom. The third-order valence-corrected chi connectivity index (χ3v) is 5.36. The van der Waals surface area contributed by atoms with Crippen LogP contribution in [0.1, 0.15) is 11.8 Å². The number of methoxy groups -OCH3 is 2. The number of aliphatic hydroxyl groups excluding tert-OH is 4. The molecule has 4 rings (SSSR count). The number of nitrogens with zero attached hydrogens (tertiary/aromatic N) is 4. The first-order valence-corrected chi connectivity index (χ1v) is 9.90. The number of H-pyrrole nitrogens is 1. The monoisotopic (exact) mass is 447 g/mol. The van der Waals surface area contributed by atoms with Crippen LogP contribution in [0.3, 0.4) is 0 Å². The Labute approximate surface area is 182 Å². The Morgan fingerprint density at radius 3 is 2.44 bits per heavy atom. The van der Waals surface area contributed by atoms with Crippen LogP contribution in [-0.4, -0.2) is 85.2 Å². The molecule has 0 bridgehead atoms. The van der Waals surface area contributed by atoms with Crippen molar-refractivity contribution in [2.45, 2.75) is 37.2 Å². The highest BCUT2D eigenvalue weighted by Gasteiger charge is 2.44. The van der Waals surface area contributed by atoms with Crippen molar-refractivity contribution >= 4 is 11.2 Å². The number of ether oxygens (including phenoxy) is 3. The minimum Gasteiger partial charge on any atom is -0.497 e. The van der Waals surface area contributed by atoms with Gasteiger partial charge in [-0.1, -0.05) is 0 Å².